The summed E-state index contributed by atoms with van der Waals surface area (Å²) in [5, 5.41) is 11.2. The van der Waals surface area contributed by atoms with E-state index in [2.05, 4.69) is 34.1 Å². The number of anilines is 1. The lowest BCUT2D eigenvalue weighted by Crippen LogP contribution is -2.28. The molecule has 0 aliphatic heterocycles. The van der Waals surface area contributed by atoms with Gasteiger partial charge in [0.15, 0.2) is 0 Å². The summed E-state index contributed by atoms with van der Waals surface area (Å²) in [5.41, 5.74) is 2.22. The lowest BCUT2D eigenvalue weighted by molar-refractivity contribution is 0.301. The van der Waals surface area contributed by atoms with Crippen molar-refractivity contribution in [3.8, 4) is 0 Å². The summed E-state index contributed by atoms with van der Waals surface area (Å²) in [6, 6.07) is 0. The van der Waals surface area contributed by atoms with Crippen LogP contribution < -0.4 is 4.90 Å². The van der Waals surface area contributed by atoms with E-state index in [0.717, 1.165) is 29.0 Å². The van der Waals surface area contributed by atoms with Crippen molar-refractivity contribution < 1.29 is 5.11 Å². The second kappa shape index (κ2) is 5.42. The number of rotatable bonds is 5. The van der Waals surface area contributed by atoms with Gasteiger partial charge in [-0.25, -0.2) is 9.97 Å². The van der Waals surface area contributed by atoms with E-state index in [0.29, 0.717) is 6.54 Å². The van der Waals surface area contributed by atoms with E-state index in [1.165, 1.54) is 5.56 Å². The van der Waals surface area contributed by atoms with E-state index in [4.69, 9.17) is 5.11 Å². The van der Waals surface area contributed by atoms with Crippen LogP contribution in [0, 0.1) is 6.92 Å². The van der Waals surface area contributed by atoms with Gasteiger partial charge in [-0.15, -0.1) is 11.3 Å². The highest BCUT2D eigenvalue weighted by molar-refractivity contribution is 7.18. The molecule has 92 valence electrons. The monoisotopic (exact) mass is 251 g/mol. The first-order valence-corrected chi connectivity index (χ1v) is 6.70. The Morgan fingerprint density at radius 2 is 2.18 bits per heavy atom. The number of nitrogens with zero attached hydrogens (tertiary/aromatic N) is 3. The van der Waals surface area contributed by atoms with Crippen LogP contribution in [0.25, 0.3) is 10.2 Å². The Morgan fingerprint density at radius 1 is 1.35 bits per heavy atom. The van der Waals surface area contributed by atoms with Crippen molar-refractivity contribution in [2.75, 3.05) is 24.6 Å². The largest absolute Gasteiger partial charge is 0.395 e. The molecule has 0 atom stereocenters. The van der Waals surface area contributed by atoms with Gasteiger partial charge in [-0.05, 0) is 24.3 Å². The molecule has 0 bridgehead atoms. The Labute approximate surface area is 105 Å². The summed E-state index contributed by atoms with van der Waals surface area (Å²) < 4.78 is 1.12. The van der Waals surface area contributed by atoms with Gasteiger partial charge in [0.2, 0.25) is 0 Å². The number of hydrogen-bond donors (Lipinski definition) is 1. The highest BCUT2D eigenvalue weighted by Crippen LogP contribution is 2.30. The molecule has 0 aliphatic carbocycles. The summed E-state index contributed by atoms with van der Waals surface area (Å²) in [6.45, 7) is 5.87. The normalized spacial score (nSPS) is 11.0. The van der Waals surface area contributed by atoms with Crippen LogP contribution in [0.5, 0.6) is 0 Å². The fourth-order valence-corrected chi connectivity index (χ4v) is 2.92. The molecule has 0 saturated heterocycles. The quantitative estimate of drug-likeness (QED) is 0.885. The summed E-state index contributed by atoms with van der Waals surface area (Å²) in [4.78, 5) is 10.8. The van der Waals surface area contributed by atoms with E-state index < -0.39 is 0 Å². The lowest BCUT2D eigenvalue weighted by atomic mass is 10.3. The van der Waals surface area contributed by atoms with Crippen LogP contribution in [-0.2, 0) is 0 Å². The van der Waals surface area contributed by atoms with Crippen LogP contribution in [0.2, 0.25) is 0 Å². The minimum Gasteiger partial charge on any atom is -0.395 e. The van der Waals surface area contributed by atoms with Gasteiger partial charge < -0.3 is 10.0 Å². The predicted octanol–water partition coefficient (Wildman–Crippen LogP) is 2.21. The molecule has 0 fully saturated rings. The number of aryl methyl sites for hydroxylation is 1. The Bertz CT molecular complexity index is 491. The van der Waals surface area contributed by atoms with Gasteiger partial charge in [0.1, 0.15) is 12.1 Å². The molecule has 4 nitrogen and oxygen atoms in total. The first-order chi connectivity index (χ1) is 8.27. The molecule has 2 heterocycles. The Kier molecular flexibility index (Phi) is 3.91. The van der Waals surface area contributed by atoms with Crippen molar-refractivity contribution >= 4 is 27.4 Å². The zero-order valence-corrected chi connectivity index (χ0v) is 11.0. The van der Waals surface area contributed by atoms with Crippen LogP contribution in [0.1, 0.15) is 18.9 Å². The third-order valence-corrected chi connectivity index (χ3v) is 3.76. The lowest BCUT2D eigenvalue weighted by Gasteiger charge is -2.22. The Hall–Kier alpha value is -1.20. The smallest absolute Gasteiger partial charge is 0.150 e. The highest BCUT2D eigenvalue weighted by atomic mass is 32.1. The highest BCUT2D eigenvalue weighted by Gasteiger charge is 2.13. The fourth-order valence-electron chi connectivity index (χ4n) is 1.90. The molecule has 17 heavy (non-hydrogen) atoms. The van der Waals surface area contributed by atoms with E-state index in [9.17, 15) is 0 Å². The molecule has 1 N–H and O–H groups in total. The second-order valence-electron chi connectivity index (χ2n) is 4.00. The zero-order valence-electron chi connectivity index (χ0n) is 10.2. The van der Waals surface area contributed by atoms with Crippen molar-refractivity contribution in [2.24, 2.45) is 0 Å². The first-order valence-electron chi connectivity index (χ1n) is 5.82. The SMILES string of the molecule is CCCN(CCO)c1ncnc2c(C)csc12. The molecule has 0 aliphatic rings. The van der Waals surface area contributed by atoms with E-state index in [-0.39, 0.29) is 6.61 Å². The van der Waals surface area contributed by atoms with Gasteiger partial charge in [0.05, 0.1) is 16.8 Å². The van der Waals surface area contributed by atoms with Gasteiger partial charge >= 0.3 is 0 Å². The number of thiophene rings is 1. The van der Waals surface area contributed by atoms with Gasteiger partial charge in [-0.3, -0.25) is 0 Å². The summed E-state index contributed by atoms with van der Waals surface area (Å²) in [7, 11) is 0. The average molecular weight is 251 g/mol. The van der Waals surface area contributed by atoms with Gasteiger partial charge in [-0.2, -0.15) is 0 Å². The molecular weight excluding hydrogens is 234 g/mol. The van der Waals surface area contributed by atoms with E-state index >= 15 is 0 Å². The van der Waals surface area contributed by atoms with E-state index in [1.54, 1.807) is 17.7 Å². The number of hydrogen-bond acceptors (Lipinski definition) is 5. The summed E-state index contributed by atoms with van der Waals surface area (Å²) >= 11 is 1.67. The number of aliphatic hydroxyl groups excluding tert-OH is 1. The molecule has 0 saturated carbocycles. The standard InChI is InChI=1S/C12H17N3OS/c1-3-4-15(5-6-16)12-11-10(13-8-14-12)9(2)7-17-11/h7-8,16H,3-6H2,1-2H3. The minimum absolute atomic E-state index is 0.149. The molecular formula is C12H17N3OS. The average Bonchev–Trinajstić information content (AvgIpc) is 2.71. The Balaban J connectivity index is 2.44. The summed E-state index contributed by atoms with van der Waals surface area (Å²) in [5.74, 6) is 0.948. The topological polar surface area (TPSA) is 49.2 Å². The molecule has 0 radical (unpaired) electrons. The predicted molar refractivity (Wildman–Crippen MR) is 71.7 cm³/mol. The molecule has 0 unspecified atom stereocenters. The molecule has 0 amide bonds. The minimum atomic E-state index is 0.149. The third kappa shape index (κ3) is 2.40. The molecule has 0 aromatic carbocycles. The molecule has 2 rings (SSSR count). The van der Waals surface area contributed by atoms with Crippen molar-refractivity contribution in [1.29, 1.82) is 0 Å². The molecule has 5 heteroatoms. The fraction of sp³-hybridized carbons (Fsp3) is 0.500. The van der Waals surface area contributed by atoms with Crippen LogP contribution in [-0.4, -0.2) is 34.8 Å². The maximum absolute atomic E-state index is 9.12. The van der Waals surface area contributed by atoms with Crippen molar-refractivity contribution in [1.82, 2.24) is 9.97 Å². The van der Waals surface area contributed by atoms with Gasteiger partial charge in [0, 0.05) is 13.1 Å². The third-order valence-electron chi connectivity index (χ3n) is 2.68. The number of aromatic nitrogens is 2. The van der Waals surface area contributed by atoms with E-state index in [1.807, 2.05) is 0 Å². The maximum atomic E-state index is 9.12. The van der Waals surface area contributed by atoms with Crippen LogP contribution in [0.3, 0.4) is 0 Å². The Morgan fingerprint density at radius 3 is 2.88 bits per heavy atom. The van der Waals surface area contributed by atoms with Crippen LogP contribution in [0.15, 0.2) is 11.7 Å². The number of fused-ring (bicyclic) bond motifs is 1. The van der Waals surface area contributed by atoms with Crippen LogP contribution >= 0.6 is 11.3 Å². The molecule has 2 aromatic heterocycles. The summed E-state index contributed by atoms with van der Waals surface area (Å²) in [6.07, 6.45) is 2.65. The number of aliphatic hydroxyl groups is 1. The second-order valence-corrected chi connectivity index (χ2v) is 4.88. The zero-order chi connectivity index (χ0) is 12.3. The van der Waals surface area contributed by atoms with Crippen LogP contribution in [0.4, 0.5) is 5.82 Å². The van der Waals surface area contributed by atoms with Gasteiger partial charge in [-0.1, -0.05) is 6.92 Å². The van der Waals surface area contributed by atoms with Crippen molar-refractivity contribution in [3.63, 3.8) is 0 Å². The molecule has 2 aromatic rings. The van der Waals surface area contributed by atoms with Crippen molar-refractivity contribution in [3.05, 3.63) is 17.3 Å². The van der Waals surface area contributed by atoms with Crippen molar-refractivity contribution in [2.45, 2.75) is 20.3 Å². The molecule has 0 spiro atoms. The first kappa shape index (κ1) is 12.3. The van der Waals surface area contributed by atoms with Gasteiger partial charge in [0.25, 0.3) is 0 Å². The maximum Gasteiger partial charge on any atom is 0.150 e.